The molecular formula is C18H28ClN5O2S. The molecule has 0 radical (unpaired) electrons. The number of imide groups is 1. The highest BCUT2D eigenvalue weighted by Gasteiger charge is 2.45. The van der Waals surface area contributed by atoms with Gasteiger partial charge in [-0.3, -0.25) is 14.7 Å². The summed E-state index contributed by atoms with van der Waals surface area (Å²) in [6.07, 6.45) is 1.20. The smallest absolute Gasteiger partial charge is 0.325 e. The van der Waals surface area contributed by atoms with Crippen molar-refractivity contribution in [3.8, 4) is 0 Å². The number of hydrogen-bond acceptors (Lipinski definition) is 4. The number of nitrogens with zero attached hydrogens (tertiary/aromatic N) is 3. The van der Waals surface area contributed by atoms with Crippen molar-refractivity contribution in [2.45, 2.75) is 45.7 Å². The Bertz CT molecular complexity index is 708. The number of hydrogen-bond donors (Lipinski definition) is 2. The zero-order valence-electron chi connectivity index (χ0n) is 16.3. The molecule has 7 nitrogen and oxygen atoms in total. The minimum Gasteiger partial charge on any atom is -0.357 e. The molecule has 0 aromatic carbocycles. The van der Waals surface area contributed by atoms with Crippen LogP contribution < -0.4 is 10.6 Å². The van der Waals surface area contributed by atoms with E-state index in [0.29, 0.717) is 32.5 Å². The molecule has 150 valence electrons. The van der Waals surface area contributed by atoms with Crippen LogP contribution in [0.3, 0.4) is 0 Å². The molecule has 1 aliphatic heterocycles. The maximum atomic E-state index is 12.4. The summed E-state index contributed by atoms with van der Waals surface area (Å²) in [6.45, 7) is 8.04. The van der Waals surface area contributed by atoms with Crippen molar-refractivity contribution in [3.63, 3.8) is 0 Å². The van der Waals surface area contributed by atoms with Crippen molar-refractivity contribution in [1.29, 1.82) is 0 Å². The van der Waals surface area contributed by atoms with E-state index in [9.17, 15) is 9.59 Å². The number of guanidine groups is 1. The van der Waals surface area contributed by atoms with Gasteiger partial charge in [0.25, 0.3) is 5.91 Å². The quantitative estimate of drug-likeness (QED) is 0.297. The lowest BCUT2D eigenvalue weighted by molar-refractivity contribution is -0.130. The highest BCUT2D eigenvalue weighted by Crippen LogP contribution is 2.22. The Morgan fingerprint density at radius 3 is 2.70 bits per heavy atom. The Labute approximate surface area is 169 Å². The van der Waals surface area contributed by atoms with Crippen molar-refractivity contribution in [2.24, 2.45) is 4.99 Å². The van der Waals surface area contributed by atoms with Gasteiger partial charge in [-0.15, -0.1) is 11.3 Å². The van der Waals surface area contributed by atoms with E-state index in [4.69, 9.17) is 11.6 Å². The second-order valence-electron chi connectivity index (χ2n) is 6.72. The molecule has 1 aromatic rings. The summed E-state index contributed by atoms with van der Waals surface area (Å²) < 4.78 is 0.771. The molecule has 1 aromatic heterocycles. The molecule has 0 aliphatic carbocycles. The third-order valence-corrected chi connectivity index (χ3v) is 5.79. The lowest BCUT2D eigenvalue weighted by atomic mass is 9.99. The number of carbonyl (C=O) groups is 2. The molecule has 9 heteroatoms. The second kappa shape index (κ2) is 9.41. The number of halogens is 1. The number of urea groups is 1. The maximum Gasteiger partial charge on any atom is 0.325 e. The molecule has 27 heavy (non-hydrogen) atoms. The first kappa shape index (κ1) is 21.5. The molecular weight excluding hydrogens is 386 g/mol. The monoisotopic (exact) mass is 413 g/mol. The Morgan fingerprint density at radius 2 is 2.15 bits per heavy atom. The summed E-state index contributed by atoms with van der Waals surface area (Å²) in [5.74, 6) is 0.634. The third-order valence-electron chi connectivity index (χ3n) is 4.57. The number of aliphatic imine (C=N–C) groups is 1. The first-order chi connectivity index (χ1) is 12.8. The van der Waals surface area contributed by atoms with Gasteiger partial charge in [0.2, 0.25) is 0 Å². The largest absolute Gasteiger partial charge is 0.357 e. The molecule has 2 rings (SSSR count). The van der Waals surface area contributed by atoms with Gasteiger partial charge in [0.15, 0.2) is 5.96 Å². The van der Waals surface area contributed by atoms with Gasteiger partial charge in [-0.05, 0) is 38.8 Å². The maximum absolute atomic E-state index is 12.4. The van der Waals surface area contributed by atoms with Crippen LogP contribution in [0.5, 0.6) is 0 Å². The summed E-state index contributed by atoms with van der Waals surface area (Å²) in [5.41, 5.74) is -0.780. The fraction of sp³-hybridized carbons (Fsp3) is 0.611. The van der Waals surface area contributed by atoms with Gasteiger partial charge >= 0.3 is 6.03 Å². The average Bonchev–Trinajstić information content (AvgIpc) is 3.12. The number of nitrogens with one attached hydrogen (secondary N) is 2. The number of carbonyl (C=O) groups excluding carboxylic acids is 2. The zero-order chi connectivity index (χ0) is 20.0. The van der Waals surface area contributed by atoms with E-state index >= 15 is 0 Å². The molecule has 1 saturated heterocycles. The van der Waals surface area contributed by atoms with Gasteiger partial charge in [-0.2, -0.15) is 0 Å². The van der Waals surface area contributed by atoms with Crippen molar-refractivity contribution in [3.05, 3.63) is 21.3 Å². The van der Waals surface area contributed by atoms with Crippen molar-refractivity contribution >= 4 is 40.8 Å². The Balaban J connectivity index is 1.89. The molecule has 1 atom stereocenters. The standard InChI is InChI=1S/C18H28ClN5O2S/c1-5-18(3)15(25)24(17(26)22-18)11-7-10-21-16(20-6-2)23(4)12-13-8-9-14(19)27-13/h8-9H,5-7,10-12H2,1-4H3,(H,20,21)(H,22,26). The Kier molecular flexibility index (Phi) is 7.49. The first-order valence-corrected chi connectivity index (χ1v) is 10.4. The summed E-state index contributed by atoms with van der Waals surface area (Å²) in [4.78, 5) is 33.5. The van der Waals surface area contributed by atoms with Crippen molar-refractivity contribution < 1.29 is 9.59 Å². The molecule has 2 heterocycles. The first-order valence-electron chi connectivity index (χ1n) is 9.18. The van der Waals surface area contributed by atoms with Crippen LogP contribution >= 0.6 is 22.9 Å². The fourth-order valence-corrected chi connectivity index (χ4v) is 3.96. The predicted octanol–water partition coefficient (Wildman–Crippen LogP) is 2.91. The lowest BCUT2D eigenvalue weighted by Gasteiger charge is -2.21. The van der Waals surface area contributed by atoms with Crippen LogP contribution in [0.4, 0.5) is 4.79 Å². The SMILES string of the molecule is CCNC(=NCCCN1C(=O)NC(C)(CC)C1=O)N(C)Cc1ccc(Cl)s1. The van der Waals surface area contributed by atoms with E-state index < -0.39 is 5.54 Å². The molecule has 0 spiro atoms. The summed E-state index contributed by atoms with van der Waals surface area (Å²) in [7, 11) is 1.97. The topological polar surface area (TPSA) is 77.0 Å². The number of amides is 3. The lowest BCUT2D eigenvalue weighted by Crippen LogP contribution is -2.43. The normalized spacial score (nSPS) is 20.2. The molecule has 0 saturated carbocycles. The van der Waals surface area contributed by atoms with Crippen molar-refractivity contribution in [2.75, 3.05) is 26.7 Å². The Morgan fingerprint density at radius 1 is 1.41 bits per heavy atom. The van der Waals surface area contributed by atoms with Crippen LogP contribution in [0.25, 0.3) is 0 Å². The minimum atomic E-state index is -0.780. The van der Waals surface area contributed by atoms with E-state index in [1.54, 1.807) is 18.3 Å². The van der Waals surface area contributed by atoms with Crippen molar-refractivity contribution in [1.82, 2.24) is 20.4 Å². The number of rotatable bonds is 8. The highest BCUT2D eigenvalue weighted by molar-refractivity contribution is 7.16. The predicted molar refractivity (Wildman–Crippen MR) is 110 cm³/mol. The third kappa shape index (κ3) is 5.35. The van der Waals surface area contributed by atoms with E-state index in [2.05, 4.69) is 15.6 Å². The number of thiophene rings is 1. The van der Waals surface area contributed by atoms with Gasteiger partial charge in [0.1, 0.15) is 5.54 Å². The van der Waals surface area contributed by atoms with Crippen LogP contribution in [0.1, 0.15) is 38.5 Å². The summed E-state index contributed by atoms with van der Waals surface area (Å²) in [6, 6.07) is 3.59. The average molecular weight is 414 g/mol. The molecule has 1 fully saturated rings. The van der Waals surface area contributed by atoms with Crippen LogP contribution in [-0.4, -0.2) is 59.9 Å². The molecule has 1 aliphatic rings. The van der Waals surface area contributed by atoms with Gasteiger partial charge in [-0.1, -0.05) is 18.5 Å². The van der Waals surface area contributed by atoms with E-state index in [-0.39, 0.29) is 11.9 Å². The van der Waals surface area contributed by atoms with Gasteiger partial charge in [0.05, 0.1) is 10.9 Å². The van der Waals surface area contributed by atoms with Gasteiger partial charge < -0.3 is 15.5 Å². The second-order valence-corrected chi connectivity index (χ2v) is 8.52. The molecule has 0 bridgehead atoms. The van der Waals surface area contributed by atoms with Crippen LogP contribution in [0.2, 0.25) is 4.34 Å². The van der Waals surface area contributed by atoms with E-state index in [1.807, 2.05) is 37.9 Å². The molecule has 3 amide bonds. The van der Waals surface area contributed by atoms with E-state index in [0.717, 1.165) is 21.7 Å². The summed E-state index contributed by atoms with van der Waals surface area (Å²) in [5, 5.41) is 6.03. The fourth-order valence-electron chi connectivity index (χ4n) is 2.82. The Hall–Kier alpha value is -1.80. The minimum absolute atomic E-state index is 0.155. The van der Waals surface area contributed by atoms with E-state index in [1.165, 1.54) is 4.90 Å². The zero-order valence-corrected chi connectivity index (χ0v) is 17.9. The molecule has 1 unspecified atom stereocenters. The van der Waals surface area contributed by atoms with Gasteiger partial charge in [0, 0.05) is 31.6 Å². The van der Waals surface area contributed by atoms with Gasteiger partial charge in [-0.25, -0.2) is 4.79 Å². The van der Waals surface area contributed by atoms with Crippen LogP contribution in [-0.2, 0) is 11.3 Å². The highest BCUT2D eigenvalue weighted by atomic mass is 35.5. The van der Waals surface area contributed by atoms with Crippen LogP contribution in [0, 0.1) is 0 Å². The summed E-state index contributed by atoms with van der Waals surface area (Å²) >= 11 is 7.54. The molecule has 2 N–H and O–H groups in total. The van der Waals surface area contributed by atoms with Crippen LogP contribution in [0.15, 0.2) is 17.1 Å².